The summed E-state index contributed by atoms with van der Waals surface area (Å²) in [5.74, 6) is 3.38. The fraction of sp³-hybridized carbons (Fsp3) is 1.00. The average molecular weight is 399 g/mol. The van der Waals surface area contributed by atoms with Gasteiger partial charge in [0.2, 0.25) is 0 Å². The predicted octanol–water partition coefficient (Wildman–Crippen LogP) is 5.17. The second-order valence-electron chi connectivity index (χ2n) is 10.1. The number of rotatable bonds is 2. The van der Waals surface area contributed by atoms with Gasteiger partial charge in [-0.05, 0) is 92.3 Å². The zero-order valence-electron chi connectivity index (χ0n) is 15.7. The summed E-state index contributed by atoms with van der Waals surface area (Å²) in [5.41, 5.74) is 0.433. The maximum absolute atomic E-state index is 10.8. The Bertz CT molecular complexity index is 496. The van der Waals surface area contributed by atoms with Crippen LogP contribution in [-0.2, 0) is 4.74 Å². The van der Waals surface area contributed by atoms with Gasteiger partial charge in [-0.3, -0.25) is 0 Å². The van der Waals surface area contributed by atoms with E-state index in [1.54, 1.807) is 0 Å². The summed E-state index contributed by atoms with van der Waals surface area (Å²) in [6.45, 7) is 5.10. The van der Waals surface area contributed by atoms with Crippen molar-refractivity contribution in [1.29, 1.82) is 0 Å². The molecule has 4 fully saturated rings. The molecule has 3 unspecified atom stereocenters. The molecule has 0 aromatic carbocycles. The maximum Gasteiger partial charge on any atom is 0.0747 e. The van der Waals surface area contributed by atoms with Gasteiger partial charge in [0.25, 0.3) is 0 Å². The van der Waals surface area contributed by atoms with E-state index in [0.29, 0.717) is 16.9 Å². The molecule has 0 amide bonds. The lowest BCUT2D eigenvalue weighted by molar-refractivity contribution is -0.152. The second kappa shape index (κ2) is 5.96. The summed E-state index contributed by atoms with van der Waals surface area (Å²) in [7, 11) is 1.92. The Morgan fingerprint density at radius 1 is 0.958 bits per heavy atom. The van der Waals surface area contributed by atoms with E-state index in [9.17, 15) is 5.11 Å². The van der Waals surface area contributed by atoms with Gasteiger partial charge in [-0.15, -0.1) is 0 Å². The topological polar surface area (TPSA) is 29.5 Å². The molecule has 4 rings (SSSR count). The fourth-order valence-electron chi connectivity index (χ4n) is 7.78. The zero-order chi connectivity index (χ0) is 17.2. The third-order valence-electron chi connectivity index (χ3n) is 9.27. The molecule has 0 aromatic heterocycles. The maximum atomic E-state index is 10.8. The van der Waals surface area contributed by atoms with Crippen molar-refractivity contribution in [2.24, 2.45) is 34.5 Å². The molecule has 2 nitrogen and oxygen atoms in total. The lowest BCUT2D eigenvalue weighted by Gasteiger charge is -2.61. The minimum atomic E-state index is -0.450. The lowest BCUT2D eigenvalue weighted by Crippen LogP contribution is -2.56. The molecule has 8 atom stereocenters. The van der Waals surface area contributed by atoms with Gasteiger partial charge in [-0.25, -0.2) is 0 Å². The molecule has 0 aliphatic heterocycles. The molecule has 3 heteroatoms. The molecule has 0 radical (unpaired) electrons. The highest BCUT2D eigenvalue weighted by atomic mass is 79.9. The van der Waals surface area contributed by atoms with Crippen LogP contribution in [-0.4, -0.2) is 29.3 Å². The van der Waals surface area contributed by atoms with E-state index in [1.807, 2.05) is 7.11 Å². The average Bonchev–Trinajstić information content (AvgIpc) is 2.92. The first-order valence-corrected chi connectivity index (χ1v) is 11.3. The van der Waals surface area contributed by atoms with Gasteiger partial charge in [-0.1, -0.05) is 29.8 Å². The number of ether oxygens (including phenoxy) is 1. The number of fused-ring (bicyclic) bond motifs is 5. The minimum absolute atomic E-state index is 0.421. The fourth-order valence-corrected chi connectivity index (χ4v) is 8.29. The number of hydrogen-bond acceptors (Lipinski definition) is 2. The number of methoxy groups -OCH3 is 1. The summed E-state index contributed by atoms with van der Waals surface area (Å²) in [4.78, 5) is 0. The van der Waals surface area contributed by atoms with E-state index < -0.39 is 5.60 Å². The molecule has 0 heterocycles. The molecule has 4 aliphatic rings. The second-order valence-corrected chi connectivity index (χ2v) is 10.6. The highest BCUT2D eigenvalue weighted by molar-refractivity contribution is 9.09. The lowest BCUT2D eigenvalue weighted by atomic mass is 9.44. The molecule has 138 valence electrons. The quantitative estimate of drug-likeness (QED) is 0.649. The third-order valence-corrected chi connectivity index (χ3v) is 10.3. The van der Waals surface area contributed by atoms with E-state index in [1.165, 1.54) is 44.9 Å². The van der Waals surface area contributed by atoms with Crippen molar-refractivity contribution in [3.8, 4) is 0 Å². The Morgan fingerprint density at radius 2 is 1.71 bits per heavy atom. The molecule has 1 N–H and O–H groups in total. The van der Waals surface area contributed by atoms with Crippen LogP contribution in [0, 0.1) is 34.5 Å². The standard InChI is InChI=1S/C21H35BrO2/c1-19-10-11-21(23,13-22)12-14(19)4-5-15-16-6-7-18(24-3)20(16,2)9-8-17(15)19/h14-18,23H,4-13H2,1-3H3/t14?,15-,16-,17+,18?,19-,20-,21?/m0/s1. The molecule has 0 saturated heterocycles. The molecule has 4 aliphatic carbocycles. The van der Waals surface area contributed by atoms with Gasteiger partial charge in [0, 0.05) is 12.4 Å². The summed E-state index contributed by atoms with van der Waals surface area (Å²) in [6.07, 6.45) is 11.8. The van der Waals surface area contributed by atoms with E-state index in [-0.39, 0.29) is 0 Å². The van der Waals surface area contributed by atoms with Crippen LogP contribution in [0.1, 0.15) is 71.6 Å². The van der Waals surface area contributed by atoms with Gasteiger partial charge in [-0.2, -0.15) is 0 Å². The highest BCUT2D eigenvalue weighted by Crippen LogP contribution is 2.67. The van der Waals surface area contributed by atoms with E-state index >= 15 is 0 Å². The van der Waals surface area contributed by atoms with Crippen LogP contribution in [0.5, 0.6) is 0 Å². The van der Waals surface area contributed by atoms with Crippen LogP contribution in [0.4, 0.5) is 0 Å². The van der Waals surface area contributed by atoms with Gasteiger partial charge in [0.15, 0.2) is 0 Å². The molecular weight excluding hydrogens is 364 g/mol. The molecule has 24 heavy (non-hydrogen) atoms. The van der Waals surface area contributed by atoms with E-state index in [0.717, 1.165) is 41.8 Å². The Morgan fingerprint density at radius 3 is 2.42 bits per heavy atom. The van der Waals surface area contributed by atoms with Crippen LogP contribution in [0.3, 0.4) is 0 Å². The van der Waals surface area contributed by atoms with Crippen molar-refractivity contribution in [2.45, 2.75) is 83.3 Å². The van der Waals surface area contributed by atoms with Crippen LogP contribution in [0.25, 0.3) is 0 Å². The number of aliphatic hydroxyl groups is 1. The molecule has 0 bridgehead atoms. The van der Waals surface area contributed by atoms with Gasteiger partial charge in [0.1, 0.15) is 0 Å². The first-order valence-electron chi connectivity index (χ1n) is 10.2. The van der Waals surface area contributed by atoms with Gasteiger partial charge in [0.05, 0.1) is 11.7 Å². The van der Waals surface area contributed by atoms with Gasteiger partial charge >= 0.3 is 0 Å². The van der Waals surface area contributed by atoms with Crippen molar-refractivity contribution in [3.63, 3.8) is 0 Å². The van der Waals surface area contributed by atoms with Crippen molar-refractivity contribution < 1.29 is 9.84 Å². The van der Waals surface area contributed by atoms with Crippen LogP contribution >= 0.6 is 15.9 Å². The van der Waals surface area contributed by atoms with Crippen molar-refractivity contribution in [2.75, 3.05) is 12.4 Å². The molecule has 0 aromatic rings. The SMILES string of the molecule is COC1CC[C@H]2[C@@H]3CCC4CC(O)(CBr)CC[C@]4(C)[C@@H]3CC[C@]12C. The van der Waals surface area contributed by atoms with Crippen LogP contribution in [0.15, 0.2) is 0 Å². The normalized spacial score (nSPS) is 57.1. The smallest absolute Gasteiger partial charge is 0.0747 e. The van der Waals surface area contributed by atoms with E-state index in [2.05, 4.69) is 29.8 Å². The Kier molecular flexibility index (Phi) is 4.42. The molecule has 0 spiro atoms. The molecule has 4 saturated carbocycles. The minimum Gasteiger partial charge on any atom is -0.389 e. The van der Waals surface area contributed by atoms with Crippen molar-refractivity contribution in [3.05, 3.63) is 0 Å². The highest BCUT2D eigenvalue weighted by Gasteiger charge is 2.61. The number of alkyl halides is 1. The number of halogens is 1. The van der Waals surface area contributed by atoms with E-state index in [4.69, 9.17) is 4.74 Å². The summed E-state index contributed by atoms with van der Waals surface area (Å²) >= 11 is 3.56. The summed E-state index contributed by atoms with van der Waals surface area (Å²) < 4.78 is 5.90. The van der Waals surface area contributed by atoms with Crippen molar-refractivity contribution >= 4 is 15.9 Å². The third kappa shape index (κ3) is 2.40. The predicted molar refractivity (Wildman–Crippen MR) is 101 cm³/mol. The Balaban J connectivity index is 1.58. The molecular formula is C21H35BrO2. The van der Waals surface area contributed by atoms with Crippen LogP contribution in [0.2, 0.25) is 0 Å². The summed E-state index contributed by atoms with van der Waals surface area (Å²) in [6, 6.07) is 0. The Labute approximate surface area is 156 Å². The summed E-state index contributed by atoms with van der Waals surface area (Å²) in [5, 5.41) is 11.6. The van der Waals surface area contributed by atoms with Crippen LogP contribution < -0.4 is 0 Å². The number of hydrogen-bond donors (Lipinski definition) is 1. The van der Waals surface area contributed by atoms with Crippen molar-refractivity contribution in [1.82, 2.24) is 0 Å². The largest absolute Gasteiger partial charge is 0.389 e. The monoisotopic (exact) mass is 398 g/mol. The van der Waals surface area contributed by atoms with Gasteiger partial charge < -0.3 is 9.84 Å². The first-order chi connectivity index (χ1) is 11.4. The zero-order valence-corrected chi connectivity index (χ0v) is 17.3. The first kappa shape index (κ1) is 17.8. The Hall–Kier alpha value is 0.400.